The van der Waals surface area contributed by atoms with Crippen LogP contribution in [0.3, 0.4) is 0 Å². The van der Waals surface area contributed by atoms with Crippen molar-refractivity contribution in [3.05, 3.63) is 11.9 Å². The minimum absolute atomic E-state index is 0.780. The summed E-state index contributed by atoms with van der Waals surface area (Å²) in [6.07, 6.45) is 3.43. The van der Waals surface area contributed by atoms with E-state index in [1.165, 1.54) is 6.20 Å². The molecule has 0 aliphatic carbocycles. The Hall–Kier alpha value is -0.660. The first-order chi connectivity index (χ1) is 3.31. The molecule has 0 aromatic rings. The van der Waals surface area contributed by atoms with Crippen molar-refractivity contribution < 1.29 is 0 Å². The number of hydrogen-bond acceptors (Lipinski definition) is 2. The van der Waals surface area contributed by atoms with E-state index in [1.807, 2.05) is 0 Å². The Morgan fingerprint density at radius 1 is 1.71 bits per heavy atom. The van der Waals surface area contributed by atoms with Crippen LogP contribution in [0.2, 0.25) is 0 Å². The van der Waals surface area contributed by atoms with Gasteiger partial charge in [-0.05, 0) is 6.42 Å². The molecule has 0 saturated carbocycles. The van der Waals surface area contributed by atoms with Crippen molar-refractivity contribution in [2.24, 2.45) is 11.5 Å². The van der Waals surface area contributed by atoms with Crippen molar-refractivity contribution in [2.75, 3.05) is 0 Å². The van der Waals surface area contributed by atoms with Gasteiger partial charge in [-0.3, -0.25) is 0 Å². The lowest BCUT2D eigenvalue weighted by atomic mass is 10.3. The number of rotatable bonds is 2. The van der Waals surface area contributed by atoms with E-state index in [9.17, 15) is 0 Å². The highest BCUT2D eigenvalue weighted by Gasteiger charge is 1.80. The Kier molecular flexibility index (Phi) is 3.19. The zero-order valence-corrected chi connectivity index (χ0v) is 4.65. The molecular formula is C5H12N2. The average Bonchev–Trinajstić information content (AvgIpc) is 1.68. The molecule has 0 rings (SSSR count). The van der Waals surface area contributed by atoms with Crippen LogP contribution in [-0.2, 0) is 0 Å². The average molecular weight is 100 g/mol. The van der Waals surface area contributed by atoms with E-state index in [0.717, 1.165) is 18.5 Å². The third kappa shape index (κ3) is 3.16. The van der Waals surface area contributed by atoms with Crippen LogP contribution in [-0.4, -0.2) is 0 Å². The lowest BCUT2D eigenvalue weighted by molar-refractivity contribution is 0.888. The summed E-state index contributed by atoms with van der Waals surface area (Å²) in [7, 11) is 0. The molecule has 0 heterocycles. The van der Waals surface area contributed by atoms with Crippen LogP contribution in [0, 0.1) is 0 Å². The molecule has 2 heteroatoms. The molecular weight excluding hydrogens is 88.1 g/mol. The van der Waals surface area contributed by atoms with Gasteiger partial charge in [0.15, 0.2) is 0 Å². The van der Waals surface area contributed by atoms with E-state index in [0.29, 0.717) is 0 Å². The molecule has 0 saturated heterocycles. The third-order valence-corrected chi connectivity index (χ3v) is 0.753. The molecule has 0 radical (unpaired) electrons. The molecule has 0 fully saturated rings. The smallest absolute Gasteiger partial charge is 0.0238 e. The Morgan fingerprint density at radius 3 is 2.43 bits per heavy atom. The van der Waals surface area contributed by atoms with Gasteiger partial charge in [-0.2, -0.15) is 0 Å². The Labute approximate surface area is 44.2 Å². The maximum atomic E-state index is 5.32. The summed E-state index contributed by atoms with van der Waals surface area (Å²) >= 11 is 0. The number of nitrogens with two attached hydrogens (primary N) is 2. The molecule has 0 unspecified atom stereocenters. The SMILES string of the molecule is CCC/C(N)=C/N. The second-order valence-electron chi connectivity index (χ2n) is 1.49. The van der Waals surface area contributed by atoms with Crippen LogP contribution >= 0.6 is 0 Å². The maximum Gasteiger partial charge on any atom is 0.0238 e. The highest BCUT2D eigenvalue weighted by atomic mass is 14.6. The molecule has 4 N–H and O–H groups in total. The van der Waals surface area contributed by atoms with Gasteiger partial charge in [0.1, 0.15) is 0 Å². The van der Waals surface area contributed by atoms with Crippen LogP contribution in [0.5, 0.6) is 0 Å². The normalized spacial score (nSPS) is 11.9. The van der Waals surface area contributed by atoms with Gasteiger partial charge < -0.3 is 11.5 Å². The zero-order valence-electron chi connectivity index (χ0n) is 4.65. The van der Waals surface area contributed by atoms with Gasteiger partial charge in [-0.25, -0.2) is 0 Å². The Balaban J connectivity index is 3.17. The minimum Gasteiger partial charge on any atom is -0.403 e. The first-order valence-corrected chi connectivity index (χ1v) is 2.47. The number of allylic oxidation sites excluding steroid dienone is 1. The van der Waals surface area contributed by atoms with Crippen LogP contribution < -0.4 is 11.5 Å². The summed E-state index contributed by atoms with van der Waals surface area (Å²) in [4.78, 5) is 0. The van der Waals surface area contributed by atoms with E-state index in [4.69, 9.17) is 11.5 Å². The summed E-state index contributed by atoms with van der Waals surface area (Å²) in [5.41, 5.74) is 11.2. The second kappa shape index (κ2) is 3.53. The van der Waals surface area contributed by atoms with E-state index >= 15 is 0 Å². The van der Waals surface area contributed by atoms with E-state index < -0.39 is 0 Å². The molecule has 0 aromatic carbocycles. The first kappa shape index (κ1) is 6.34. The quantitative estimate of drug-likeness (QED) is 0.532. The van der Waals surface area contributed by atoms with Gasteiger partial charge in [0.2, 0.25) is 0 Å². The third-order valence-electron chi connectivity index (χ3n) is 0.753. The van der Waals surface area contributed by atoms with E-state index in [2.05, 4.69) is 6.92 Å². The Morgan fingerprint density at radius 2 is 2.29 bits per heavy atom. The van der Waals surface area contributed by atoms with Crippen molar-refractivity contribution >= 4 is 0 Å². The van der Waals surface area contributed by atoms with Gasteiger partial charge in [0, 0.05) is 11.9 Å². The maximum absolute atomic E-state index is 5.32. The fraction of sp³-hybridized carbons (Fsp3) is 0.600. The van der Waals surface area contributed by atoms with Gasteiger partial charge in [-0.1, -0.05) is 13.3 Å². The molecule has 0 spiro atoms. The van der Waals surface area contributed by atoms with E-state index in [-0.39, 0.29) is 0 Å². The molecule has 2 nitrogen and oxygen atoms in total. The van der Waals surface area contributed by atoms with Crippen LogP contribution in [0.4, 0.5) is 0 Å². The van der Waals surface area contributed by atoms with Gasteiger partial charge >= 0.3 is 0 Å². The lowest BCUT2D eigenvalue weighted by Crippen LogP contribution is -1.98. The minimum atomic E-state index is 0.780. The van der Waals surface area contributed by atoms with Crippen LogP contribution in [0.15, 0.2) is 11.9 Å². The molecule has 7 heavy (non-hydrogen) atoms. The molecule has 0 aliphatic heterocycles. The highest BCUT2D eigenvalue weighted by Crippen LogP contribution is 1.92. The van der Waals surface area contributed by atoms with Gasteiger partial charge in [-0.15, -0.1) is 0 Å². The predicted octanol–water partition coefficient (Wildman–Crippen LogP) is 0.545. The molecule has 42 valence electrons. The summed E-state index contributed by atoms with van der Waals surface area (Å²) < 4.78 is 0. The monoisotopic (exact) mass is 100 g/mol. The summed E-state index contributed by atoms with van der Waals surface area (Å²) in [6, 6.07) is 0. The largest absolute Gasteiger partial charge is 0.403 e. The molecule has 0 atom stereocenters. The molecule has 0 bridgehead atoms. The zero-order chi connectivity index (χ0) is 5.70. The first-order valence-electron chi connectivity index (χ1n) is 2.47. The molecule has 0 amide bonds. The number of hydrogen-bond donors (Lipinski definition) is 2. The lowest BCUT2D eigenvalue weighted by Gasteiger charge is -1.91. The van der Waals surface area contributed by atoms with Crippen molar-refractivity contribution in [1.82, 2.24) is 0 Å². The van der Waals surface area contributed by atoms with Crippen LogP contribution in [0.25, 0.3) is 0 Å². The highest BCUT2D eigenvalue weighted by molar-refractivity contribution is 4.91. The standard InChI is InChI=1S/C5H12N2/c1-2-3-5(7)4-6/h4H,2-3,6-7H2,1H3/b5-4-. The topological polar surface area (TPSA) is 52.0 Å². The van der Waals surface area contributed by atoms with Crippen molar-refractivity contribution in [3.63, 3.8) is 0 Å². The fourth-order valence-corrected chi connectivity index (χ4v) is 0.372. The summed E-state index contributed by atoms with van der Waals surface area (Å²) in [5.74, 6) is 0. The van der Waals surface area contributed by atoms with Crippen molar-refractivity contribution in [1.29, 1.82) is 0 Å². The van der Waals surface area contributed by atoms with Crippen molar-refractivity contribution in [2.45, 2.75) is 19.8 Å². The van der Waals surface area contributed by atoms with Gasteiger partial charge in [0.25, 0.3) is 0 Å². The van der Waals surface area contributed by atoms with Gasteiger partial charge in [0.05, 0.1) is 0 Å². The molecule has 0 aliphatic rings. The molecule has 0 aromatic heterocycles. The summed E-state index contributed by atoms with van der Waals surface area (Å²) in [6.45, 7) is 2.07. The fourth-order valence-electron chi connectivity index (χ4n) is 0.372. The summed E-state index contributed by atoms with van der Waals surface area (Å²) in [5, 5.41) is 0. The van der Waals surface area contributed by atoms with Crippen molar-refractivity contribution in [3.8, 4) is 0 Å². The second-order valence-corrected chi connectivity index (χ2v) is 1.49. The predicted molar refractivity (Wildman–Crippen MR) is 31.4 cm³/mol. The van der Waals surface area contributed by atoms with Crippen LogP contribution in [0.1, 0.15) is 19.8 Å². The van der Waals surface area contributed by atoms with E-state index in [1.54, 1.807) is 0 Å². The Bertz CT molecular complexity index is 66.5.